The van der Waals surface area contributed by atoms with Crippen molar-refractivity contribution in [3.05, 3.63) is 48.6 Å². The lowest BCUT2D eigenvalue weighted by atomic mass is 10.1. The Labute approximate surface area is 301 Å². The number of carbonyl (C=O) groups is 1. The van der Waals surface area contributed by atoms with Gasteiger partial charge in [0.25, 0.3) is 0 Å². The van der Waals surface area contributed by atoms with E-state index in [0.29, 0.717) is 6.42 Å². The summed E-state index contributed by atoms with van der Waals surface area (Å²) in [5.74, 6) is -0.216. The minimum atomic E-state index is -4.35. The van der Waals surface area contributed by atoms with Crippen molar-refractivity contribution in [1.82, 2.24) is 5.32 Å². The van der Waals surface area contributed by atoms with Crippen LogP contribution < -0.4 is 11.1 Å². The second-order valence-corrected chi connectivity index (χ2v) is 14.6. The van der Waals surface area contributed by atoms with Crippen LogP contribution >= 0.6 is 7.82 Å². The predicted molar refractivity (Wildman–Crippen MR) is 207 cm³/mol. The maximum atomic E-state index is 12.7. The second-order valence-electron chi connectivity index (χ2n) is 13.1. The number of aliphatic hydroxyl groups excluding tert-OH is 1. The van der Waals surface area contributed by atoms with Gasteiger partial charge in [-0.1, -0.05) is 140 Å². The smallest absolute Gasteiger partial charge is 0.387 e. The largest absolute Gasteiger partial charge is 0.472 e. The Bertz CT molecular complexity index is 907. The number of aliphatic hydroxyl groups is 1. The third-order valence-corrected chi connectivity index (χ3v) is 9.34. The van der Waals surface area contributed by atoms with Crippen molar-refractivity contribution in [2.45, 2.75) is 180 Å². The van der Waals surface area contributed by atoms with Gasteiger partial charge in [-0.15, -0.1) is 0 Å². The first kappa shape index (κ1) is 47.5. The Morgan fingerprint density at radius 2 is 1.08 bits per heavy atom. The van der Waals surface area contributed by atoms with E-state index in [9.17, 15) is 19.4 Å². The molecule has 0 saturated carbocycles. The number of unbranched alkanes of at least 4 members (excludes halogenated alkanes) is 18. The Kier molecular flexibility index (Phi) is 35.1. The molecule has 0 radical (unpaired) electrons. The summed E-state index contributed by atoms with van der Waals surface area (Å²) in [6, 6.07) is -0.884. The molecule has 0 bridgehead atoms. The summed E-state index contributed by atoms with van der Waals surface area (Å²) in [6.07, 6.45) is 43.0. The predicted octanol–water partition coefficient (Wildman–Crippen LogP) is 10.6. The van der Waals surface area contributed by atoms with Crippen LogP contribution in [0.3, 0.4) is 0 Å². The Balaban J connectivity index is 4.34. The SMILES string of the molecule is CCCCC/C=C/CC/C=C/CC/C=C/C(O)C(COP(=O)(O)OCCN)NC(=O)CCCCCCCCC/C=C\CCCCCCCC. The van der Waals surface area contributed by atoms with Gasteiger partial charge in [0.05, 0.1) is 25.4 Å². The maximum Gasteiger partial charge on any atom is 0.472 e. The van der Waals surface area contributed by atoms with Crippen molar-refractivity contribution >= 4 is 13.7 Å². The molecule has 0 aromatic carbocycles. The molecule has 0 aliphatic rings. The van der Waals surface area contributed by atoms with Crippen molar-refractivity contribution in [3.63, 3.8) is 0 Å². The van der Waals surface area contributed by atoms with Gasteiger partial charge in [-0.2, -0.15) is 0 Å². The van der Waals surface area contributed by atoms with E-state index in [1.807, 2.05) is 6.08 Å². The van der Waals surface area contributed by atoms with Gasteiger partial charge in [0.2, 0.25) is 5.91 Å². The molecule has 0 fully saturated rings. The first-order valence-electron chi connectivity index (χ1n) is 19.8. The van der Waals surface area contributed by atoms with Crippen LogP contribution in [-0.4, -0.2) is 47.8 Å². The fraction of sp³-hybridized carbons (Fsp3) is 0.775. The molecule has 1 amide bonds. The molecule has 0 saturated heterocycles. The van der Waals surface area contributed by atoms with Gasteiger partial charge in [-0.25, -0.2) is 4.57 Å². The molecule has 286 valence electrons. The molecule has 0 rings (SSSR count). The first-order valence-corrected chi connectivity index (χ1v) is 21.3. The van der Waals surface area contributed by atoms with Crippen LogP contribution in [0, 0.1) is 0 Å². The lowest BCUT2D eigenvalue weighted by molar-refractivity contribution is -0.123. The molecular formula is C40H75N2O6P. The van der Waals surface area contributed by atoms with Crippen molar-refractivity contribution in [1.29, 1.82) is 0 Å². The maximum absolute atomic E-state index is 12.7. The van der Waals surface area contributed by atoms with E-state index in [4.69, 9.17) is 14.8 Å². The highest BCUT2D eigenvalue weighted by Gasteiger charge is 2.26. The number of hydrogen-bond donors (Lipinski definition) is 4. The number of amides is 1. The van der Waals surface area contributed by atoms with Crippen molar-refractivity contribution < 1.29 is 28.4 Å². The molecule has 0 aliphatic heterocycles. The number of carbonyl (C=O) groups excluding carboxylic acids is 1. The average molecular weight is 711 g/mol. The van der Waals surface area contributed by atoms with Crippen LogP contribution in [0.15, 0.2) is 48.6 Å². The van der Waals surface area contributed by atoms with Crippen LogP contribution in [0.2, 0.25) is 0 Å². The van der Waals surface area contributed by atoms with Gasteiger partial charge < -0.3 is 21.1 Å². The Morgan fingerprint density at radius 1 is 0.653 bits per heavy atom. The lowest BCUT2D eigenvalue weighted by Crippen LogP contribution is -2.45. The monoisotopic (exact) mass is 711 g/mol. The molecule has 3 unspecified atom stereocenters. The summed E-state index contributed by atoms with van der Waals surface area (Å²) in [4.78, 5) is 22.6. The first-order chi connectivity index (χ1) is 23.9. The van der Waals surface area contributed by atoms with E-state index >= 15 is 0 Å². The number of rotatable bonds is 36. The number of nitrogens with two attached hydrogens (primary N) is 1. The summed E-state index contributed by atoms with van der Waals surface area (Å²) >= 11 is 0. The molecule has 8 nitrogen and oxygen atoms in total. The number of phosphoric ester groups is 1. The van der Waals surface area contributed by atoms with E-state index in [1.54, 1.807) is 6.08 Å². The molecule has 49 heavy (non-hydrogen) atoms. The highest BCUT2D eigenvalue weighted by atomic mass is 31.2. The number of nitrogens with one attached hydrogen (secondary N) is 1. The van der Waals surface area contributed by atoms with Crippen LogP contribution in [0.25, 0.3) is 0 Å². The van der Waals surface area contributed by atoms with Gasteiger partial charge in [-0.3, -0.25) is 13.8 Å². The van der Waals surface area contributed by atoms with Gasteiger partial charge >= 0.3 is 7.82 Å². The summed E-state index contributed by atoms with van der Waals surface area (Å²) in [5.41, 5.74) is 5.35. The third kappa shape index (κ3) is 34.7. The summed E-state index contributed by atoms with van der Waals surface area (Å²) in [7, 11) is -4.35. The number of hydrogen-bond acceptors (Lipinski definition) is 6. The lowest BCUT2D eigenvalue weighted by Gasteiger charge is -2.23. The quantitative estimate of drug-likeness (QED) is 0.0289. The fourth-order valence-corrected chi connectivity index (χ4v) is 6.09. The van der Waals surface area contributed by atoms with Gasteiger partial charge in [0.15, 0.2) is 0 Å². The van der Waals surface area contributed by atoms with Crippen LogP contribution in [-0.2, 0) is 18.4 Å². The molecule has 0 aliphatic carbocycles. The zero-order valence-electron chi connectivity index (χ0n) is 31.4. The average Bonchev–Trinajstić information content (AvgIpc) is 3.09. The van der Waals surface area contributed by atoms with Gasteiger partial charge in [-0.05, 0) is 70.6 Å². The summed E-state index contributed by atoms with van der Waals surface area (Å²) in [6.45, 7) is 4.05. The molecule has 0 aromatic heterocycles. The van der Waals surface area contributed by atoms with E-state index < -0.39 is 20.0 Å². The van der Waals surface area contributed by atoms with E-state index in [2.05, 4.69) is 55.6 Å². The van der Waals surface area contributed by atoms with Crippen LogP contribution in [0.5, 0.6) is 0 Å². The normalized spacial score (nSPS) is 14.8. The van der Waals surface area contributed by atoms with Gasteiger partial charge in [0.1, 0.15) is 0 Å². The third-order valence-electron chi connectivity index (χ3n) is 8.35. The van der Waals surface area contributed by atoms with E-state index in [0.717, 1.165) is 51.4 Å². The summed E-state index contributed by atoms with van der Waals surface area (Å²) in [5, 5.41) is 13.6. The molecular weight excluding hydrogens is 635 g/mol. The molecule has 0 aromatic rings. The van der Waals surface area contributed by atoms with Crippen LogP contribution in [0.1, 0.15) is 168 Å². The van der Waals surface area contributed by atoms with E-state index in [1.165, 1.54) is 96.3 Å². The Hall–Kier alpha value is -1.54. The van der Waals surface area contributed by atoms with Crippen molar-refractivity contribution in [3.8, 4) is 0 Å². The second kappa shape index (κ2) is 36.3. The fourth-order valence-electron chi connectivity index (χ4n) is 5.33. The molecule has 0 heterocycles. The van der Waals surface area contributed by atoms with Gasteiger partial charge in [0, 0.05) is 13.0 Å². The topological polar surface area (TPSA) is 131 Å². The Morgan fingerprint density at radius 3 is 1.61 bits per heavy atom. The minimum Gasteiger partial charge on any atom is -0.387 e. The van der Waals surface area contributed by atoms with Crippen molar-refractivity contribution in [2.75, 3.05) is 19.8 Å². The highest BCUT2D eigenvalue weighted by Crippen LogP contribution is 2.43. The number of allylic oxidation sites excluding steroid dienone is 7. The highest BCUT2D eigenvalue weighted by molar-refractivity contribution is 7.47. The van der Waals surface area contributed by atoms with Crippen molar-refractivity contribution in [2.24, 2.45) is 5.73 Å². The van der Waals surface area contributed by atoms with Crippen LogP contribution in [0.4, 0.5) is 0 Å². The van der Waals surface area contributed by atoms with E-state index in [-0.39, 0.29) is 25.7 Å². The summed E-state index contributed by atoms with van der Waals surface area (Å²) < 4.78 is 22.0. The molecule has 9 heteroatoms. The zero-order valence-corrected chi connectivity index (χ0v) is 32.3. The zero-order chi connectivity index (χ0) is 36.1. The molecule has 3 atom stereocenters. The molecule has 5 N–H and O–H groups in total. The minimum absolute atomic E-state index is 0.0698. The number of phosphoric acid groups is 1. The standard InChI is InChI=1S/C40H75N2O6P/c1-3-5-7-9-11-13-15-17-18-19-20-22-24-26-28-30-32-34-40(44)42-38(37-48-49(45,46)47-36-35-41)39(43)33-31-29-27-25-23-21-16-14-12-10-8-6-4-2/h12,14,17-18,23,25,31,33,38-39,43H,3-11,13,15-16,19-22,24,26-30,32,34-37,41H2,1-2H3,(H,42,44)(H,45,46)/b14-12+,18-17-,25-23+,33-31+. The molecule has 0 spiro atoms.